The summed E-state index contributed by atoms with van der Waals surface area (Å²) in [5.41, 5.74) is 0. The molecular formula is C17H37IN4O2. The lowest BCUT2D eigenvalue weighted by molar-refractivity contribution is 0.0733. The van der Waals surface area contributed by atoms with E-state index in [1.165, 1.54) is 25.9 Å². The Morgan fingerprint density at radius 3 is 2.58 bits per heavy atom. The molecule has 0 aliphatic carbocycles. The molecule has 2 N–H and O–H groups in total. The third-order valence-electron chi connectivity index (χ3n) is 4.09. The molecule has 0 saturated carbocycles. The molecule has 0 spiro atoms. The van der Waals surface area contributed by atoms with Crippen LogP contribution in [0.3, 0.4) is 0 Å². The fraction of sp³-hybridized carbons (Fsp3) is 0.941. The van der Waals surface area contributed by atoms with Crippen molar-refractivity contribution in [3.05, 3.63) is 0 Å². The fourth-order valence-electron chi connectivity index (χ4n) is 2.60. The Hall–Kier alpha value is -0.120. The normalized spacial score (nSPS) is 16.7. The molecule has 1 rings (SSSR count). The summed E-state index contributed by atoms with van der Waals surface area (Å²) in [7, 11) is 1.68. The SMILES string of the molecule is CCNC(=NCCCN1CCC(C)CC1)NCCOCCOC.I. The van der Waals surface area contributed by atoms with Crippen LogP contribution in [0.5, 0.6) is 0 Å². The third kappa shape index (κ3) is 12.3. The van der Waals surface area contributed by atoms with Gasteiger partial charge in [0.25, 0.3) is 0 Å². The van der Waals surface area contributed by atoms with E-state index in [-0.39, 0.29) is 24.0 Å². The van der Waals surface area contributed by atoms with E-state index in [4.69, 9.17) is 9.47 Å². The van der Waals surface area contributed by atoms with Crippen LogP contribution in [-0.4, -0.2) is 77.1 Å². The van der Waals surface area contributed by atoms with Crippen molar-refractivity contribution >= 4 is 29.9 Å². The zero-order valence-electron chi connectivity index (χ0n) is 15.7. The maximum absolute atomic E-state index is 5.44. The Kier molecular flexibility index (Phi) is 16.3. The van der Waals surface area contributed by atoms with Crippen LogP contribution >= 0.6 is 24.0 Å². The van der Waals surface area contributed by atoms with Crippen LogP contribution < -0.4 is 10.6 Å². The highest BCUT2D eigenvalue weighted by molar-refractivity contribution is 14.0. The van der Waals surface area contributed by atoms with Gasteiger partial charge < -0.3 is 25.0 Å². The monoisotopic (exact) mass is 456 g/mol. The second kappa shape index (κ2) is 16.4. The number of hydrogen-bond donors (Lipinski definition) is 2. The second-order valence-electron chi connectivity index (χ2n) is 6.17. The maximum atomic E-state index is 5.44. The average Bonchev–Trinajstić information content (AvgIpc) is 2.56. The minimum absolute atomic E-state index is 0. The molecule has 7 heteroatoms. The molecule has 0 bridgehead atoms. The largest absolute Gasteiger partial charge is 0.382 e. The summed E-state index contributed by atoms with van der Waals surface area (Å²) >= 11 is 0. The number of nitrogens with zero attached hydrogens (tertiary/aromatic N) is 2. The molecule has 1 saturated heterocycles. The number of rotatable bonds is 11. The minimum atomic E-state index is 0. The number of piperidine rings is 1. The van der Waals surface area contributed by atoms with Gasteiger partial charge in [0, 0.05) is 26.7 Å². The third-order valence-corrected chi connectivity index (χ3v) is 4.09. The van der Waals surface area contributed by atoms with E-state index in [2.05, 4.69) is 34.4 Å². The highest BCUT2D eigenvalue weighted by atomic mass is 127. The van der Waals surface area contributed by atoms with Crippen molar-refractivity contribution in [1.29, 1.82) is 0 Å². The van der Waals surface area contributed by atoms with E-state index in [1.807, 2.05) is 0 Å². The topological polar surface area (TPSA) is 58.1 Å². The Labute approximate surface area is 165 Å². The van der Waals surface area contributed by atoms with Gasteiger partial charge in [-0.2, -0.15) is 0 Å². The van der Waals surface area contributed by atoms with Gasteiger partial charge in [-0.15, -0.1) is 24.0 Å². The summed E-state index contributed by atoms with van der Waals surface area (Å²) in [4.78, 5) is 7.20. The van der Waals surface area contributed by atoms with Crippen LogP contribution in [0.1, 0.15) is 33.1 Å². The molecule has 24 heavy (non-hydrogen) atoms. The molecule has 1 heterocycles. The van der Waals surface area contributed by atoms with Crippen molar-refractivity contribution in [2.24, 2.45) is 10.9 Å². The predicted molar refractivity (Wildman–Crippen MR) is 112 cm³/mol. The van der Waals surface area contributed by atoms with Crippen molar-refractivity contribution in [3.8, 4) is 0 Å². The van der Waals surface area contributed by atoms with Gasteiger partial charge in [-0.3, -0.25) is 4.99 Å². The van der Waals surface area contributed by atoms with Crippen LogP contribution in [0.15, 0.2) is 4.99 Å². The van der Waals surface area contributed by atoms with Crippen molar-refractivity contribution < 1.29 is 9.47 Å². The first-order valence-corrected chi connectivity index (χ1v) is 9.07. The number of ether oxygens (including phenoxy) is 2. The standard InChI is InChI=1S/C17H36N4O2.HI/c1-4-18-17(20-9-13-23-15-14-22-3)19-8-5-10-21-11-6-16(2)7-12-21;/h16H,4-15H2,1-3H3,(H2,18,19,20);1H. The zero-order valence-corrected chi connectivity index (χ0v) is 18.0. The summed E-state index contributed by atoms with van der Waals surface area (Å²) in [6, 6.07) is 0. The summed E-state index contributed by atoms with van der Waals surface area (Å²) in [6.07, 6.45) is 3.81. The molecule has 1 aliphatic heterocycles. The molecule has 0 unspecified atom stereocenters. The molecule has 0 aromatic carbocycles. The molecule has 1 aliphatic rings. The van der Waals surface area contributed by atoms with Crippen LogP contribution in [0.2, 0.25) is 0 Å². The minimum Gasteiger partial charge on any atom is -0.382 e. The van der Waals surface area contributed by atoms with Gasteiger partial charge in [0.15, 0.2) is 5.96 Å². The van der Waals surface area contributed by atoms with Gasteiger partial charge in [-0.05, 0) is 51.7 Å². The summed E-state index contributed by atoms with van der Waals surface area (Å²) in [5.74, 6) is 1.79. The molecule has 144 valence electrons. The first-order chi connectivity index (χ1) is 11.3. The van der Waals surface area contributed by atoms with Crippen molar-refractivity contribution in [2.75, 3.05) is 66.2 Å². The Morgan fingerprint density at radius 1 is 1.17 bits per heavy atom. The van der Waals surface area contributed by atoms with Gasteiger partial charge in [0.2, 0.25) is 0 Å². The van der Waals surface area contributed by atoms with Crippen molar-refractivity contribution in [1.82, 2.24) is 15.5 Å². The smallest absolute Gasteiger partial charge is 0.191 e. The molecule has 0 amide bonds. The number of guanidine groups is 1. The van der Waals surface area contributed by atoms with Crippen LogP contribution in [0, 0.1) is 5.92 Å². The van der Waals surface area contributed by atoms with Gasteiger partial charge in [-0.1, -0.05) is 6.92 Å². The molecule has 0 aromatic rings. The number of likely N-dealkylation sites (tertiary alicyclic amines) is 1. The van der Waals surface area contributed by atoms with Crippen LogP contribution in [0.4, 0.5) is 0 Å². The molecular weight excluding hydrogens is 419 g/mol. The van der Waals surface area contributed by atoms with Gasteiger partial charge in [-0.25, -0.2) is 0 Å². The van der Waals surface area contributed by atoms with E-state index in [1.54, 1.807) is 7.11 Å². The number of methoxy groups -OCH3 is 1. The summed E-state index contributed by atoms with van der Waals surface area (Å²) in [6.45, 7) is 12.6. The second-order valence-corrected chi connectivity index (χ2v) is 6.17. The van der Waals surface area contributed by atoms with E-state index in [0.29, 0.717) is 19.8 Å². The molecule has 0 atom stereocenters. The number of halogens is 1. The van der Waals surface area contributed by atoms with Gasteiger partial charge in [0.1, 0.15) is 0 Å². The quantitative estimate of drug-likeness (QED) is 0.216. The lowest BCUT2D eigenvalue weighted by Crippen LogP contribution is -2.39. The van der Waals surface area contributed by atoms with Gasteiger partial charge >= 0.3 is 0 Å². The van der Waals surface area contributed by atoms with Gasteiger partial charge in [0.05, 0.1) is 19.8 Å². The Bertz CT molecular complexity index is 311. The van der Waals surface area contributed by atoms with E-state index in [0.717, 1.165) is 44.5 Å². The molecule has 0 aromatic heterocycles. The lowest BCUT2D eigenvalue weighted by atomic mass is 9.99. The number of hydrogen-bond acceptors (Lipinski definition) is 4. The Morgan fingerprint density at radius 2 is 1.92 bits per heavy atom. The number of aliphatic imine (C=N–C) groups is 1. The highest BCUT2D eigenvalue weighted by Crippen LogP contribution is 2.15. The summed E-state index contributed by atoms with van der Waals surface area (Å²) < 4.78 is 10.4. The first kappa shape index (κ1) is 23.9. The van der Waals surface area contributed by atoms with Crippen molar-refractivity contribution in [2.45, 2.75) is 33.1 Å². The van der Waals surface area contributed by atoms with E-state index < -0.39 is 0 Å². The molecule has 0 radical (unpaired) electrons. The zero-order chi connectivity index (χ0) is 16.8. The molecule has 1 fully saturated rings. The van der Waals surface area contributed by atoms with E-state index >= 15 is 0 Å². The van der Waals surface area contributed by atoms with E-state index in [9.17, 15) is 0 Å². The first-order valence-electron chi connectivity index (χ1n) is 9.07. The number of nitrogens with one attached hydrogen (secondary N) is 2. The molecule has 6 nitrogen and oxygen atoms in total. The fourth-order valence-corrected chi connectivity index (χ4v) is 2.60. The Balaban J connectivity index is 0.00000529. The predicted octanol–water partition coefficient (Wildman–Crippen LogP) is 1.94. The summed E-state index contributed by atoms with van der Waals surface area (Å²) in [5, 5.41) is 6.58. The van der Waals surface area contributed by atoms with Crippen LogP contribution in [-0.2, 0) is 9.47 Å². The maximum Gasteiger partial charge on any atom is 0.191 e. The highest BCUT2D eigenvalue weighted by Gasteiger charge is 2.14. The lowest BCUT2D eigenvalue weighted by Gasteiger charge is -2.29. The average molecular weight is 456 g/mol. The van der Waals surface area contributed by atoms with Crippen LogP contribution in [0.25, 0.3) is 0 Å². The van der Waals surface area contributed by atoms with Crippen molar-refractivity contribution in [3.63, 3.8) is 0 Å².